The Hall–Kier alpha value is -0.120. The van der Waals surface area contributed by atoms with E-state index in [1.54, 1.807) is 0 Å². The van der Waals surface area contributed by atoms with E-state index in [-0.39, 0.29) is 5.60 Å². The number of morpholine rings is 1. The van der Waals surface area contributed by atoms with Gasteiger partial charge in [0.25, 0.3) is 0 Å². The fourth-order valence-corrected chi connectivity index (χ4v) is 2.32. The summed E-state index contributed by atoms with van der Waals surface area (Å²) in [6.45, 7) is 10.3. The first-order valence-corrected chi connectivity index (χ1v) is 6.03. The van der Waals surface area contributed by atoms with Gasteiger partial charge in [-0.15, -0.1) is 0 Å². The third kappa shape index (κ3) is 2.19. The Balaban J connectivity index is 1.99. The summed E-state index contributed by atoms with van der Waals surface area (Å²) in [5.74, 6) is 0. The zero-order chi connectivity index (χ0) is 10.9. The molecule has 15 heavy (non-hydrogen) atoms. The third-order valence-corrected chi connectivity index (χ3v) is 3.92. The van der Waals surface area contributed by atoms with Crippen molar-refractivity contribution in [2.24, 2.45) is 5.41 Å². The highest BCUT2D eigenvalue weighted by Gasteiger charge is 2.49. The Morgan fingerprint density at radius 3 is 2.67 bits per heavy atom. The first-order valence-electron chi connectivity index (χ1n) is 6.03. The topological polar surface area (TPSA) is 30.5 Å². The second-order valence-electron chi connectivity index (χ2n) is 5.63. The number of hydrogen-bond donors (Lipinski definition) is 1. The Morgan fingerprint density at radius 2 is 2.13 bits per heavy atom. The van der Waals surface area contributed by atoms with E-state index < -0.39 is 0 Å². The molecule has 2 saturated heterocycles. The van der Waals surface area contributed by atoms with Crippen LogP contribution in [0.2, 0.25) is 0 Å². The molecule has 3 nitrogen and oxygen atoms in total. The van der Waals surface area contributed by atoms with Gasteiger partial charge in [0.15, 0.2) is 0 Å². The molecule has 1 spiro atoms. The maximum atomic E-state index is 5.92. The maximum absolute atomic E-state index is 5.92. The number of ether oxygens (including phenoxy) is 2. The minimum Gasteiger partial charge on any atom is -0.375 e. The molecule has 1 N–H and O–H groups in total. The van der Waals surface area contributed by atoms with Crippen molar-refractivity contribution in [2.75, 3.05) is 26.4 Å². The molecule has 1 unspecified atom stereocenters. The molecule has 2 aliphatic rings. The quantitative estimate of drug-likeness (QED) is 0.772. The summed E-state index contributed by atoms with van der Waals surface area (Å²) >= 11 is 0. The molecule has 2 fully saturated rings. The van der Waals surface area contributed by atoms with E-state index in [4.69, 9.17) is 9.47 Å². The average Bonchev–Trinajstić information content (AvgIpc) is 2.16. The second kappa shape index (κ2) is 4.04. The standard InChI is InChI=1S/C12H23NO2/c1-4-11(2,3)7-10-12(8-14-9-12)15-6-5-13-10/h10,13H,4-9H2,1-3H3. The zero-order valence-electron chi connectivity index (χ0n) is 10.1. The lowest BCUT2D eigenvalue weighted by Gasteiger charge is -2.51. The van der Waals surface area contributed by atoms with Gasteiger partial charge in [0.05, 0.1) is 19.8 Å². The van der Waals surface area contributed by atoms with Crippen LogP contribution in [0.3, 0.4) is 0 Å². The molecule has 0 aromatic heterocycles. The van der Waals surface area contributed by atoms with E-state index >= 15 is 0 Å². The van der Waals surface area contributed by atoms with Crippen molar-refractivity contribution in [3.05, 3.63) is 0 Å². The van der Waals surface area contributed by atoms with Crippen molar-refractivity contribution in [2.45, 2.75) is 45.3 Å². The summed E-state index contributed by atoms with van der Waals surface area (Å²) in [5.41, 5.74) is 0.381. The first-order chi connectivity index (χ1) is 7.08. The lowest BCUT2D eigenvalue weighted by Crippen LogP contribution is -2.68. The Labute approximate surface area is 92.5 Å². The van der Waals surface area contributed by atoms with Gasteiger partial charge in [-0.1, -0.05) is 27.2 Å². The first kappa shape index (κ1) is 11.4. The van der Waals surface area contributed by atoms with Gasteiger partial charge in [-0.3, -0.25) is 0 Å². The van der Waals surface area contributed by atoms with Gasteiger partial charge in [-0.25, -0.2) is 0 Å². The molecule has 2 aliphatic heterocycles. The monoisotopic (exact) mass is 213 g/mol. The minimum atomic E-state index is -0.00924. The van der Waals surface area contributed by atoms with Crippen LogP contribution in [0.25, 0.3) is 0 Å². The molecular weight excluding hydrogens is 190 g/mol. The normalized spacial score (nSPS) is 30.2. The van der Waals surface area contributed by atoms with Crippen LogP contribution >= 0.6 is 0 Å². The summed E-state index contributed by atoms with van der Waals surface area (Å²) < 4.78 is 11.2. The van der Waals surface area contributed by atoms with Crippen molar-refractivity contribution >= 4 is 0 Å². The predicted molar refractivity (Wildman–Crippen MR) is 60.0 cm³/mol. The van der Waals surface area contributed by atoms with Crippen molar-refractivity contribution in [3.63, 3.8) is 0 Å². The van der Waals surface area contributed by atoms with Crippen molar-refractivity contribution < 1.29 is 9.47 Å². The molecule has 0 amide bonds. The molecule has 0 saturated carbocycles. The lowest BCUT2D eigenvalue weighted by atomic mass is 9.76. The van der Waals surface area contributed by atoms with E-state index in [2.05, 4.69) is 26.1 Å². The van der Waals surface area contributed by atoms with Gasteiger partial charge in [-0.2, -0.15) is 0 Å². The van der Waals surface area contributed by atoms with Gasteiger partial charge in [0.1, 0.15) is 5.60 Å². The van der Waals surface area contributed by atoms with Gasteiger partial charge < -0.3 is 14.8 Å². The summed E-state index contributed by atoms with van der Waals surface area (Å²) in [6, 6.07) is 0.468. The number of nitrogens with one attached hydrogen (secondary N) is 1. The van der Waals surface area contributed by atoms with Gasteiger partial charge in [0.2, 0.25) is 0 Å². The highest BCUT2D eigenvalue weighted by molar-refractivity contribution is 5.02. The summed E-state index contributed by atoms with van der Waals surface area (Å²) in [7, 11) is 0. The zero-order valence-corrected chi connectivity index (χ0v) is 10.1. The van der Waals surface area contributed by atoms with Crippen molar-refractivity contribution in [3.8, 4) is 0 Å². The molecule has 2 rings (SSSR count). The van der Waals surface area contributed by atoms with Crippen LogP contribution < -0.4 is 5.32 Å². The molecular formula is C12H23NO2. The molecule has 0 aliphatic carbocycles. The van der Waals surface area contributed by atoms with Crippen LogP contribution in [-0.4, -0.2) is 38.0 Å². The van der Waals surface area contributed by atoms with E-state index in [1.807, 2.05) is 0 Å². The SMILES string of the molecule is CCC(C)(C)CC1NCCOC12COC2. The minimum absolute atomic E-state index is 0.00924. The summed E-state index contributed by atoms with van der Waals surface area (Å²) in [6.07, 6.45) is 2.38. The fraction of sp³-hybridized carbons (Fsp3) is 1.00. The van der Waals surface area contributed by atoms with Crippen molar-refractivity contribution in [1.29, 1.82) is 0 Å². The highest BCUT2D eigenvalue weighted by Crippen LogP contribution is 2.36. The van der Waals surface area contributed by atoms with Gasteiger partial charge >= 0.3 is 0 Å². The molecule has 1 atom stereocenters. The van der Waals surface area contributed by atoms with Crippen LogP contribution in [0.15, 0.2) is 0 Å². The Bertz CT molecular complexity index is 224. The van der Waals surface area contributed by atoms with E-state index in [1.165, 1.54) is 12.8 Å². The average molecular weight is 213 g/mol. The fourth-order valence-electron chi connectivity index (χ4n) is 2.32. The molecule has 88 valence electrons. The van der Waals surface area contributed by atoms with Crippen molar-refractivity contribution in [1.82, 2.24) is 5.32 Å². The Kier molecular flexibility index (Phi) is 3.06. The van der Waals surface area contributed by atoms with Gasteiger partial charge in [0, 0.05) is 12.6 Å². The second-order valence-corrected chi connectivity index (χ2v) is 5.63. The van der Waals surface area contributed by atoms with E-state index in [0.717, 1.165) is 26.4 Å². The van der Waals surface area contributed by atoms with Crippen LogP contribution in [0.1, 0.15) is 33.6 Å². The smallest absolute Gasteiger partial charge is 0.130 e. The number of rotatable bonds is 3. The molecule has 0 radical (unpaired) electrons. The predicted octanol–water partition coefficient (Wildman–Crippen LogP) is 1.57. The van der Waals surface area contributed by atoms with Crippen LogP contribution in [0, 0.1) is 5.41 Å². The van der Waals surface area contributed by atoms with Crippen LogP contribution in [0.4, 0.5) is 0 Å². The summed E-state index contributed by atoms with van der Waals surface area (Å²) in [5, 5.41) is 3.60. The molecule has 2 heterocycles. The molecule has 3 heteroatoms. The lowest BCUT2D eigenvalue weighted by molar-refractivity contribution is -0.240. The highest BCUT2D eigenvalue weighted by atomic mass is 16.6. The van der Waals surface area contributed by atoms with Gasteiger partial charge in [-0.05, 0) is 11.8 Å². The maximum Gasteiger partial charge on any atom is 0.130 e. The van der Waals surface area contributed by atoms with Crippen LogP contribution in [0.5, 0.6) is 0 Å². The summed E-state index contributed by atoms with van der Waals surface area (Å²) in [4.78, 5) is 0. The van der Waals surface area contributed by atoms with E-state index in [0.29, 0.717) is 11.5 Å². The largest absolute Gasteiger partial charge is 0.375 e. The number of hydrogen-bond acceptors (Lipinski definition) is 3. The molecule has 0 aromatic rings. The third-order valence-electron chi connectivity index (χ3n) is 3.92. The molecule has 0 bridgehead atoms. The Morgan fingerprint density at radius 1 is 1.40 bits per heavy atom. The van der Waals surface area contributed by atoms with E-state index in [9.17, 15) is 0 Å². The molecule has 0 aromatic carbocycles. The van der Waals surface area contributed by atoms with Crippen LogP contribution in [-0.2, 0) is 9.47 Å².